The molecule has 1 aromatic rings. The lowest BCUT2D eigenvalue weighted by Crippen LogP contribution is -2.70. The Hall–Kier alpha value is -2.07. The van der Waals surface area contributed by atoms with Gasteiger partial charge in [-0.15, -0.1) is 0 Å². The van der Waals surface area contributed by atoms with Crippen molar-refractivity contribution in [2.75, 3.05) is 0 Å². The van der Waals surface area contributed by atoms with Crippen molar-refractivity contribution in [2.45, 2.75) is 89.8 Å². The van der Waals surface area contributed by atoms with E-state index in [1.807, 2.05) is 26.0 Å². The molecule has 1 saturated carbocycles. The van der Waals surface area contributed by atoms with Gasteiger partial charge in [-0.3, -0.25) is 14.6 Å². The maximum absolute atomic E-state index is 12.6. The number of aromatic nitrogens is 1. The molecular formula is C25H34N2O7. The van der Waals surface area contributed by atoms with E-state index in [0.717, 1.165) is 31.2 Å². The van der Waals surface area contributed by atoms with E-state index in [4.69, 9.17) is 24.0 Å². The van der Waals surface area contributed by atoms with E-state index >= 15 is 0 Å². The Kier molecular flexibility index (Phi) is 6.39. The fourth-order valence-corrected chi connectivity index (χ4v) is 6.20. The average molecular weight is 475 g/mol. The summed E-state index contributed by atoms with van der Waals surface area (Å²) in [6.07, 6.45) is 5.64. The molecule has 1 aromatic heterocycles. The van der Waals surface area contributed by atoms with Gasteiger partial charge in [0.15, 0.2) is 11.9 Å². The second kappa shape index (κ2) is 9.18. The third-order valence-corrected chi connectivity index (χ3v) is 8.11. The molecule has 8 atom stereocenters. The first kappa shape index (κ1) is 23.7. The van der Waals surface area contributed by atoms with Gasteiger partial charge >= 0.3 is 5.97 Å². The molecule has 1 amide bonds. The maximum atomic E-state index is 12.6. The fourth-order valence-electron chi connectivity index (χ4n) is 6.20. The second-order valence-electron chi connectivity index (χ2n) is 10.4. The van der Waals surface area contributed by atoms with E-state index < -0.39 is 29.9 Å². The molecule has 34 heavy (non-hydrogen) atoms. The number of rotatable bonds is 6. The Morgan fingerprint density at radius 1 is 1.18 bits per heavy atom. The first-order valence-electron chi connectivity index (χ1n) is 12.4. The molecule has 9 heteroatoms. The van der Waals surface area contributed by atoms with Crippen molar-refractivity contribution >= 4 is 11.9 Å². The van der Waals surface area contributed by atoms with E-state index in [-0.39, 0.29) is 36.5 Å². The molecule has 1 N–H and O–H groups in total. The van der Waals surface area contributed by atoms with Crippen LogP contribution in [0.1, 0.15) is 64.9 Å². The summed E-state index contributed by atoms with van der Waals surface area (Å²) >= 11 is 0. The molecule has 5 fully saturated rings. The van der Waals surface area contributed by atoms with Crippen LogP contribution >= 0.6 is 0 Å². The Labute approximate surface area is 199 Å². The third kappa shape index (κ3) is 4.23. The molecule has 5 aliphatic rings. The van der Waals surface area contributed by atoms with E-state index in [1.54, 1.807) is 12.4 Å². The zero-order chi connectivity index (χ0) is 23.9. The molecule has 4 aliphatic heterocycles. The molecule has 4 saturated heterocycles. The maximum Gasteiger partial charge on any atom is 0.308 e. The van der Waals surface area contributed by atoms with Crippen molar-refractivity contribution in [3.8, 4) is 0 Å². The van der Waals surface area contributed by atoms with Crippen LogP contribution in [0.2, 0.25) is 0 Å². The summed E-state index contributed by atoms with van der Waals surface area (Å²) in [5.74, 6) is -0.856. The molecule has 6 rings (SSSR count). The molecule has 0 unspecified atom stereocenters. The number of pyridine rings is 1. The number of nitrogens with one attached hydrogen (secondary N) is 1. The lowest BCUT2D eigenvalue weighted by atomic mass is 9.58. The third-order valence-electron chi connectivity index (χ3n) is 8.11. The SMILES string of the molecule is C[C@H]1[C@@H](OC(=O)CCC(=O)NCc2cccnc2)O[C@@H]2O[C@@]3(C)CC[C@@H]4[C@H](C)CC[C@H]1[C@@]24OO3. The summed E-state index contributed by atoms with van der Waals surface area (Å²) in [5.41, 5.74) is 0.205. The molecule has 186 valence electrons. The van der Waals surface area contributed by atoms with Gasteiger partial charge in [0.2, 0.25) is 18.0 Å². The van der Waals surface area contributed by atoms with Gasteiger partial charge in [-0.1, -0.05) is 19.9 Å². The average Bonchev–Trinajstić information content (AvgIpc) is 3.06. The fraction of sp³-hybridized carbons (Fsp3) is 0.720. The predicted octanol–water partition coefficient (Wildman–Crippen LogP) is 3.23. The summed E-state index contributed by atoms with van der Waals surface area (Å²) in [5, 5.41) is 2.80. The Morgan fingerprint density at radius 2 is 2.03 bits per heavy atom. The highest BCUT2D eigenvalue weighted by atomic mass is 17.3. The molecule has 0 radical (unpaired) electrons. The largest absolute Gasteiger partial charge is 0.435 e. The van der Waals surface area contributed by atoms with Crippen molar-refractivity contribution in [1.82, 2.24) is 10.3 Å². The molecular weight excluding hydrogens is 440 g/mol. The second-order valence-corrected chi connectivity index (χ2v) is 10.4. The normalized spacial score (nSPS) is 40.7. The topological polar surface area (TPSA) is 105 Å². The number of fused-ring (bicyclic) bond motifs is 2. The lowest BCUT2D eigenvalue weighted by Gasteiger charge is -2.59. The number of esters is 1. The molecule has 2 bridgehead atoms. The van der Waals surface area contributed by atoms with E-state index in [1.165, 1.54) is 0 Å². The van der Waals surface area contributed by atoms with Crippen molar-refractivity contribution < 1.29 is 33.6 Å². The number of carbonyl (C=O) groups excluding carboxylic acids is 2. The minimum Gasteiger partial charge on any atom is -0.435 e. The van der Waals surface area contributed by atoms with Crippen molar-refractivity contribution in [3.63, 3.8) is 0 Å². The minimum absolute atomic E-state index is 0.0240. The van der Waals surface area contributed by atoms with Gasteiger partial charge in [0.25, 0.3) is 0 Å². The van der Waals surface area contributed by atoms with Crippen LogP contribution in [-0.2, 0) is 40.1 Å². The van der Waals surface area contributed by atoms with Crippen LogP contribution in [0.3, 0.4) is 0 Å². The molecule has 1 aliphatic carbocycles. The summed E-state index contributed by atoms with van der Waals surface area (Å²) in [6.45, 7) is 6.52. The van der Waals surface area contributed by atoms with Gasteiger partial charge in [-0.25, -0.2) is 9.78 Å². The monoisotopic (exact) mass is 474 g/mol. The van der Waals surface area contributed by atoms with Crippen molar-refractivity contribution in [1.29, 1.82) is 0 Å². The molecule has 1 spiro atoms. The molecule has 5 heterocycles. The van der Waals surface area contributed by atoms with Crippen molar-refractivity contribution in [3.05, 3.63) is 30.1 Å². The number of carbonyl (C=O) groups is 2. The molecule has 0 aromatic carbocycles. The van der Waals surface area contributed by atoms with Crippen LogP contribution in [0.5, 0.6) is 0 Å². The lowest BCUT2D eigenvalue weighted by molar-refractivity contribution is -0.576. The zero-order valence-corrected chi connectivity index (χ0v) is 20.0. The number of amides is 1. The number of hydrogen-bond acceptors (Lipinski definition) is 8. The van der Waals surface area contributed by atoms with Gasteiger partial charge < -0.3 is 19.5 Å². The molecule has 9 nitrogen and oxygen atoms in total. The highest BCUT2D eigenvalue weighted by molar-refractivity contribution is 5.81. The highest BCUT2D eigenvalue weighted by Crippen LogP contribution is 2.60. The van der Waals surface area contributed by atoms with Crippen LogP contribution in [0.25, 0.3) is 0 Å². The van der Waals surface area contributed by atoms with Gasteiger partial charge in [0.1, 0.15) is 0 Å². The Bertz CT molecular complexity index is 914. The number of ether oxygens (including phenoxy) is 3. The van der Waals surface area contributed by atoms with Gasteiger partial charge in [0.05, 0.1) is 6.42 Å². The quantitative estimate of drug-likeness (QED) is 0.495. The first-order valence-corrected chi connectivity index (χ1v) is 12.4. The summed E-state index contributed by atoms with van der Waals surface area (Å²) < 4.78 is 18.3. The summed E-state index contributed by atoms with van der Waals surface area (Å²) in [7, 11) is 0. The van der Waals surface area contributed by atoms with Crippen LogP contribution in [0.4, 0.5) is 0 Å². The van der Waals surface area contributed by atoms with Crippen LogP contribution in [-0.4, -0.2) is 40.8 Å². The highest BCUT2D eigenvalue weighted by Gasteiger charge is 2.69. The van der Waals surface area contributed by atoms with Gasteiger partial charge in [-0.2, -0.15) is 0 Å². The zero-order valence-electron chi connectivity index (χ0n) is 20.0. The standard InChI is InChI=1S/C25H34N2O7/c1-15-6-7-19-16(2)22(31-23-25(19)18(15)10-11-24(3,32-23)33-34-25)30-21(29)9-8-20(28)27-14-17-5-4-12-26-13-17/h4-5,12-13,15-16,18-19,22-23H,6-11,14H2,1-3H3,(H,27,28)/t15-,16-,18-,19-,22+,23-,24-,25-/m1/s1. The van der Waals surface area contributed by atoms with Crippen LogP contribution in [0.15, 0.2) is 24.5 Å². The summed E-state index contributed by atoms with van der Waals surface area (Å²) in [6, 6.07) is 3.69. The van der Waals surface area contributed by atoms with E-state index in [0.29, 0.717) is 12.5 Å². The Morgan fingerprint density at radius 3 is 2.82 bits per heavy atom. The van der Waals surface area contributed by atoms with E-state index in [9.17, 15) is 9.59 Å². The van der Waals surface area contributed by atoms with E-state index in [2.05, 4.69) is 17.2 Å². The van der Waals surface area contributed by atoms with Crippen LogP contribution in [0, 0.1) is 23.7 Å². The van der Waals surface area contributed by atoms with Crippen LogP contribution < -0.4 is 5.32 Å². The predicted molar refractivity (Wildman–Crippen MR) is 118 cm³/mol. The first-order chi connectivity index (χ1) is 16.3. The minimum atomic E-state index is -0.876. The smallest absolute Gasteiger partial charge is 0.308 e. The summed E-state index contributed by atoms with van der Waals surface area (Å²) in [4.78, 5) is 40.7. The van der Waals surface area contributed by atoms with Crippen molar-refractivity contribution in [2.24, 2.45) is 23.7 Å². The Balaban J connectivity index is 1.20. The van der Waals surface area contributed by atoms with Gasteiger partial charge in [0, 0.05) is 43.6 Å². The number of hydrogen-bond donors (Lipinski definition) is 1. The van der Waals surface area contributed by atoms with Gasteiger partial charge in [-0.05, 0) is 49.7 Å². The number of nitrogens with zero attached hydrogens (tertiary/aromatic N) is 1.